The van der Waals surface area contributed by atoms with Crippen molar-refractivity contribution in [2.24, 2.45) is 0 Å². The van der Waals surface area contributed by atoms with Gasteiger partial charge >= 0.3 is 0 Å². The molecular formula is C29H30N6O. The highest BCUT2D eigenvalue weighted by Crippen LogP contribution is 2.35. The predicted octanol–water partition coefficient (Wildman–Crippen LogP) is 5.89. The Morgan fingerprint density at radius 3 is 2.44 bits per heavy atom. The molecule has 1 saturated heterocycles. The molecule has 0 bridgehead atoms. The Bertz CT molecular complexity index is 1250. The van der Waals surface area contributed by atoms with Gasteiger partial charge in [-0.25, -0.2) is 9.97 Å². The molecule has 1 aliphatic rings. The van der Waals surface area contributed by atoms with E-state index < -0.39 is 0 Å². The Morgan fingerprint density at radius 1 is 0.944 bits per heavy atom. The Morgan fingerprint density at radius 2 is 1.72 bits per heavy atom. The number of hydrogen-bond donors (Lipinski definition) is 1. The molecule has 5 rings (SSSR count). The summed E-state index contributed by atoms with van der Waals surface area (Å²) < 4.78 is 0. The van der Waals surface area contributed by atoms with E-state index in [4.69, 9.17) is 0 Å². The van der Waals surface area contributed by atoms with Gasteiger partial charge in [-0.2, -0.15) is 0 Å². The molecule has 0 unspecified atom stereocenters. The first kappa shape index (κ1) is 23.6. The molecule has 2 aromatic carbocycles. The van der Waals surface area contributed by atoms with Crippen LogP contribution in [0.3, 0.4) is 0 Å². The van der Waals surface area contributed by atoms with Crippen LogP contribution >= 0.6 is 0 Å². The number of likely N-dealkylation sites (tertiary alicyclic amines) is 1. The first-order valence-electron chi connectivity index (χ1n) is 12.4. The maximum absolute atomic E-state index is 13.1. The van der Waals surface area contributed by atoms with E-state index in [1.807, 2.05) is 54.3 Å². The van der Waals surface area contributed by atoms with Crippen molar-refractivity contribution < 1.29 is 4.79 Å². The lowest BCUT2D eigenvalue weighted by Crippen LogP contribution is -2.29. The van der Waals surface area contributed by atoms with Gasteiger partial charge in [-0.15, -0.1) is 0 Å². The van der Waals surface area contributed by atoms with Crippen LogP contribution in [-0.2, 0) is 6.54 Å². The lowest BCUT2D eigenvalue weighted by Gasteiger charge is -2.26. The van der Waals surface area contributed by atoms with Crippen molar-refractivity contribution in [2.45, 2.75) is 32.7 Å². The first-order valence-corrected chi connectivity index (χ1v) is 12.4. The molecule has 182 valence electrons. The number of anilines is 4. The number of piperidine rings is 1. The zero-order valence-corrected chi connectivity index (χ0v) is 20.5. The molecule has 1 N–H and O–H groups in total. The van der Waals surface area contributed by atoms with Crippen LogP contribution < -0.4 is 10.2 Å². The lowest BCUT2D eigenvalue weighted by atomic mass is 10.1. The number of pyridine rings is 1. The summed E-state index contributed by atoms with van der Waals surface area (Å²) in [6.07, 6.45) is 10.8. The maximum Gasteiger partial charge on any atom is 0.255 e. The fraction of sp³-hybridized carbons (Fsp3) is 0.241. The third kappa shape index (κ3) is 5.58. The molecule has 3 heterocycles. The van der Waals surface area contributed by atoms with Crippen LogP contribution in [0.5, 0.6) is 0 Å². The number of benzene rings is 2. The van der Waals surface area contributed by atoms with Crippen molar-refractivity contribution in [3.05, 3.63) is 102 Å². The number of aromatic nitrogens is 3. The highest BCUT2D eigenvalue weighted by molar-refractivity contribution is 6.04. The SMILES string of the molecule is Cc1ccc(NC(=O)c2ccc(CN3CCCCC3)cc2)cc1N(c1cccnc1)c1ncccn1. The van der Waals surface area contributed by atoms with Gasteiger partial charge < -0.3 is 5.32 Å². The minimum absolute atomic E-state index is 0.141. The summed E-state index contributed by atoms with van der Waals surface area (Å²) in [6.45, 7) is 5.27. The molecule has 1 aliphatic heterocycles. The highest BCUT2D eigenvalue weighted by Gasteiger charge is 2.18. The number of carbonyl (C=O) groups excluding carboxylic acids is 1. The predicted molar refractivity (Wildman–Crippen MR) is 143 cm³/mol. The average Bonchev–Trinajstić information content (AvgIpc) is 2.93. The van der Waals surface area contributed by atoms with E-state index in [-0.39, 0.29) is 5.91 Å². The second-order valence-corrected chi connectivity index (χ2v) is 9.08. The van der Waals surface area contributed by atoms with Crippen molar-refractivity contribution in [2.75, 3.05) is 23.3 Å². The van der Waals surface area contributed by atoms with Gasteiger partial charge in [0.05, 0.1) is 17.6 Å². The van der Waals surface area contributed by atoms with Gasteiger partial charge in [0.15, 0.2) is 0 Å². The molecule has 0 aliphatic carbocycles. The Hall–Kier alpha value is -4.10. The van der Waals surface area contributed by atoms with Crippen molar-refractivity contribution in [1.29, 1.82) is 0 Å². The van der Waals surface area contributed by atoms with E-state index in [0.29, 0.717) is 17.2 Å². The van der Waals surface area contributed by atoms with Crippen LogP contribution in [0.2, 0.25) is 0 Å². The second kappa shape index (κ2) is 11.1. The highest BCUT2D eigenvalue weighted by atomic mass is 16.1. The lowest BCUT2D eigenvalue weighted by molar-refractivity contribution is 0.102. The van der Waals surface area contributed by atoms with Gasteiger partial charge in [0.25, 0.3) is 5.91 Å². The molecule has 7 heteroatoms. The van der Waals surface area contributed by atoms with E-state index in [1.165, 1.54) is 24.8 Å². The van der Waals surface area contributed by atoms with Crippen LogP contribution in [-0.4, -0.2) is 38.8 Å². The average molecular weight is 479 g/mol. The number of nitrogens with zero attached hydrogens (tertiary/aromatic N) is 5. The molecule has 1 fully saturated rings. The third-order valence-electron chi connectivity index (χ3n) is 6.44. The van der Waals surface area contributed by atoms with E-state index in [0.717, 1.165) is 36.6 Å². The van der Waals surface area contributed by atoms with Crippen molar-refractivity contribution >= 4 is 28.9 Å². The van der Waals surface area contributed by atoms with E-state index >= 15 is 0 Å². The summed E-state index contributed by atoms with van der Waals surface area (Å²) >= 11 is 0. The van der Waals surface area contributed by atoms with Gasteiger partial charge in [-0.05, 0) is 86.4 Å². The van der Waals surface area contributed by atoms with E-state index in [1.54, 1.807) is 30.9 Å². The zero-order chi connectivity index (χ0) is 24.7. The molecule has 0 spiro atoms. The summed E-state index contributed by atoms with van der Waals surface area (Å²) in [5.41, 5.74) is 5.29. The molecule has 7 nitrogen and oxygen atoms in total. The number of carbonyl (C=O) groups is 1. The normalized spacial score (nSPS) is 13.8. The fourth-order valence-corrected chi connectivity index (χ4v) is 4.52. The van der Waals surface area contributed by atoms with E-state index in [2.05, 4.69) is 37.3 Å². The second-order valence-electron chi connectivity index (χ2n) is 9.08. The van der Waals surface area contributed by atoms with Gasteiger partial charge in [0, 0.05) is 36.4 Å². The van der Waals surface area contributed by atoms with Gasteiger partial charge in [0.1, 0.15) is 0 Å². The van der Waals surface area contributed by atoms with Gasteiger partial charge in [-0.3, -0.25) is 19.6 Å². The Labute approximate surface area is 211 Å². The van der Waals surface area contributed by atoms with Crippen LogP contribution in [0, 0.1) is 6.92 Å². The maximum atomic E-state index is 13.1. The molecule has 2 aromatic heterocycles. The number of rotatable bonds is 7. The largest absolute Gasteiger partial charge is 0.322 e. The third-order valence-corrected chi connectivity index (χ3v) is 6.44. The first-order chi connectivity index (χ1) is 17.7. The summed E-state index contributed by atoms with van der Waals surface area (Å²) in [7, 11) is 0. The Balaban J connectivity index is 1.36. The van der Waals surface area contributed by atoms with Crippen molar-refractivity contribution in [3.8, 4) is 0 Å². The smallest absolute Gasteiger partial charge is 0.255 e. The van der Waals surface area contributed by atoms with Crippen molar-refractivity contribution in [3.63, 3.8) is 0 Å². The molecular weight excluding hydrogens is 448 g/mol. The summed E-state index contributed by atoms with van der Waals surface area (Å²) in [4.78, 5) is 30.7. The van der Waals surface area contributed by atoms with Crippen molar-refractivity contribution in [1.82, 2.24) is 19.9 Å². The number of nitrogens with one attached hydrogen (secondary N) is 1. The monoisotopic (exact) mass is 478 g/mol. The molecule has 0 atom stereocenters. The van der Waals surface area contributed by atoms with Gasteiger partial charge in [-0.1, -0.05) is 24.6 Å². The molecule has 0 saturated carbocycles. The quantitative estimate of drug-likeness (QED) is 0.357. The number of hydrogen-bond acceptors (Lipinski definition) is 6. The summed E-state index contributed by atoms with van der Waals surface area (Å²) in [6, 6.07) is 19.4. The van der Waals surface area contributed by atoms with Gasteiger partial charge in [0.2, 0.25) is 5.95 Å². The zero-order valence-electron chi connectivity index (χ0n) is 20.5. The van der Waals surface area contributed by atoms with E-state index in [9.17, 15) is 4.79 Å². The summed E-state index contributed by atoms with van der Waals surface area (Å²) in [5, 5.41) is 3.05. The molecule has 4 aromatic rings. The summed E-state index contributed by atoms with van der Waals surface area (Å²) in [5.74, 6) is 0.389. The Kier molecular flexibility index (Phi) is 7.28. The number of aryl methyl sites for hydroxylation is 1. The van der Waals surface area contributed by atoms with Crippen LogP contribution in [0.1, 0.15) is 40.7 Å². The molecule has 0 radical (unpaired) electrons. The molecule has 1 amide bonds. The van der Waals surface area contributed by atoms with Crippen LogP contribution in [0.4, 0.5) is 23.0 Å². The van der Waals surface area contributed by atoms with Crippen LogP contribution in [0.15, 0.2) is 85.5 Å². The number of amides is 1. The van der Waals surface area contributed by atoms with Crippen LogP contribution in [0.25, 0.3) is 0 Å². The fourth-order valence-electron chi connectivity index (χ4n) is 4.52. The minimum atomic E-state index is -0.141. The standard InChI is InChI=1S/C29H30N6O/c1-22-8-13-25(19-27(22)35(26-7-5-14-30-20-26)29-31-15-6-16-32-29)33-28(36)24-11-9-23(10-12-24)21-34-17-3-2-4-18-34/h5-16,19-20H,2-4,17-18,21H2,1H3,(H,33,36). The molecule has 36 heavy (non-hydrogen) atoms. The minimum Gasteiger partial charge on any atom is -0.322 e. The topological polar surface area (TPSA) is 74.2 Å².